The Labute approximate surface area is 145 Å². The average Bonchev–Trinajstić information content (AvgIpc) is 2.66. The summed E-state index contributed by atoms with van der Waals surface area (Å²) in [7, 11) is 0. The summed E-state index contributed by atoms with van der Waals surface area (Å²) in [6.45, 7) is 1.90. The third-order valence-corrected chi connectivity index (χ3v) is 6.02. The van der Waals surface area contributed by atoms with Gasteiger partial charge in [0.05, 0.1) is 16.8 Å². The van der Waals surface area contributed by atoms with E-state index in [0.29, 0.717) is 0 Å². The number of Topliss-reactive ketones (excluding diaryl/α,β-unsaturated/α-hetero) is 1. The van der Waals surface area contributed by atoms with Gasteiger partial charge in [-0.05, 0) is 41.3 Å². The molecule has 0 amide bonds. The van der Waals surface area contributed by atoms with E-state index in [-0.39, 0.29) is 17.1 Å². The van der Waals surface area contributed by atoms with E-state index in [0.717, 1.165) is 28.1 Å². The van der Waals surface area contributed by atoms with Gasteiger partial charge in [-0.25, -0.2) is 4.99 Å². The first-order valence-electron chi connectivity index (χ1n) is 8.67. The highest BCUT2D eigenvalue weighted by molar-refractivity contribution is 6.28. The molecule has 2 atom stereocenters. The fourth-order valence-electron chi connectivity index (χ4n) is 5.04. The Hall–Kier alpha value is -3.00. The lowest BCUT2D eigenvalue weighted by atomic mass is 9.53. The molecular formula is C23H15NO. The minimum Gasteiger partial charge on any atom is -0.289 e. The monoisotopic (exact) mass is 321 g/mol. The summed E-state index contributed by atoms with van der Waals surface area (Å²) in [6.07, 6.45) is 6.49. The second-order valence-corrected chi connectivity index (χ2v) is 7.19. The van der Waals surface area contributed by atoms with E-state index in [1.165, 1.54) is 16.7 Å². The molecule has 2 nitrogen and oxygen atoms in total. The van der Waals surface area contributed by atoms with Crippen LogP contribution in [-0.4, -0.2) is 11.5 Å². The summed E-state index contributed by atoms with van der Waals surface area (Å²) in [5.41, 5.74) is 8.10. The van der Waals surface area contributed by atoms with Crippen molar-refractivity contribution in [1.29, 1.82) is 0 Å². The third kappa shape index (κ3) is 1.35. The lowest BCUT2D eigenvalue weighted by molar-refractivity contribution is -0.112. The fraction of sp³-hybridized carbons (Fsp3) is 0.130. The highest BCUT2D eigenvalue weighted by atomic mass is 16.1. The molecule has 5 aliphatic rings. The molecule has 7 rings (SSSR count). The van der Waals surface area contributed by atoms with Crippen molar-refractivity contribution >= 4 is 17.2 Å². The number of carbonyl (C=O) groups is 1. The van der Waals surface area contributed by atoms with Gasteiger partial charge in [-0.3, -0.25) is 4.79 Å². The SMILES string of the molecule is CC1=CC2=Nc3ccccc3C34C=CC(C(=C23)C1=O)c1ccccc14. The summed E-state index contributed by atoms with van der Waals surface area (Å²) < 4.78 is 0. The van der Waals surface area contributed by atoms with Crippen LogP contribution >= 0.6 is 0 Å². The molecule has 2 bridgehead atoms. The molecule has 1 heterocycles. The Morgan fingerprint density at radius 1 is 1.00 bits per heavy atom. The van der Waals surface area contributed by atoms with Crippen molar-refractivity contribution in [2.75, 3.05) is 0 Å². The van der Waals surface area contributed by atoms with Gasteiger partial charge in [-0.2, -0.15) is 0 Å². The largest absolute Gasteiger partial charge is 0.289 e. The normalized spacial score (nSPS) is 27.4. The van der Waals surface area contributed by atoms with Crippen LogP contribution in [0.3, 0.4) is 0 Å². The summed E-state index contributed by atoms with van der Waals surface area (Å²) >= 11 is 0. The Morgan fingerprint density at radius 2 is 1.76 bits per heavy atom. The van der Waals surface area contributed by atoms with Crippen LogP contribution in [0.2, 0.25) is 0 Å². The summed E-state index contributed by atoms with van der Waals surface area (Å²) in [5, 5.41) is 0. The predicted molar refractivity (Wildman–Crippen MR) is 98.4 cm³/mol. The standard InChI is InChI=1S/C23H15NO/c1-13-12-19-21-20(22(13)25)15-10-11-23(21,16-7-3-2-6-14(15)16)17-8-4-5-9-18(17)24-19/h2-12,15H,1H3. The first-order chi connectivity index (χ1) is 12.2. The lowest BCUT2D eigenvalue weighted by Gasteiger charge is -2.50. The molecule has 0 saturated carbocycles. The van der Waals surface area contributed by atoms with E-state index in [9.17, 15) is 4.79 Å². The minimum absolute atomic E-state index is 0.0414. The van der Waals surface area contributed by atoms with E-state index in [1.807, 2.05) is 19.1 Å². The quantitative estimate of drug-likeness (QED) is 0.517. The van der Waals surface area contributed by atoms with Gasteiger partial charge in [0.2, 0.25) is 0 Å². The van der Waals surface area contributed by atoms with E-state index < -0.39 is 0 Å². The highest BCUT2D eigenvalue weighted by Gasteiger charge is 2.53. The van der Waals surface area contributed by atoms with Crippen molar-refractivity contribution in [2.45, 2.75) is 18.3 Å². The minimum atomic E-state index is -0.388. The third-order valence-electron chi connectivity index (χ3n) is 6.02. The predicted octanol–water partition coefficient (Wildman–Crippen LogP) is 4.55. The van der Waals surface area contributed by atoms with E-state index in [4.69, 9.17) is 4.99 Å². The number of ketones is 1. The molecule has 2 aromatic carbocycles. The number of benzene rings is 2. The van der Waals surface area contributed by atoms with Crippen molar-refractivity contribution in [3.63, 3.8) is 0 Å². The van der Waals surface area contributed by atoms with Crippen molar-refractivity contribution in [1.82, 2.24) is 0 Å². The van der Waals surface area contributed by atoms with Crippen molar-refractivity contribution in [2.24, 2.45) is 4.99 Å². The number of hydrogen-bond acceptors (Lipinski definition) is 2. The number of para-hydroxylation sites is 1. The van der Waals surface area contributed by atoms with Crippen LogP contribution in [0.15, 0.2) is 88.5 Å². The maximum atomic E-state index is 13.1. The van der Waals surface area contributed by atoms with Crippen molar-refractivity contribution < 1.29 is 4.79 Å². The Morgan fingerprint density at radius 3 is 2.64 bits per heavy atom. The molecule has 0 radical (unpaired) electrons. The van der Waals surface area contributed by atoms with E-state index >= 15 is 0 Å². The second kappa shape index (κ2) is 4.15. The van der Waals surface area contributed by atoms with Gasteiger partial charge in [-0.15, -0.1) is 0 Å². The number of rotatable bonds is 0. The van der Waals surface area contributed by atoms with Crippen molar-refractivity contribution in [3.05, 3.63) is 100 Å². The maximum Gasteiger partial charge on any atom is 0.186 e. The number of allylic oxidation sites excluding steroid dienone is 6. The lowest BCUT2D eigenvalue weighted by Crippen LogP contribution is -2.45. The Bertz CT molecular complexity index is 1130. The topological polar surface area (TPSA) is 29.4 Å². The van der Waals surface area contributed by atoms with Crippen LogP contribution in [0.5, 0.6) is 0 Å². The average molecular weight is 321 g/mol. The number of aliphatic imine (C=N–C) groups is 1. The second-order valence-electron chi connectivity index (χ2n) is 7.19. The van der Waals surface area contributed by atoms with Crippen LogP contribution in [0.1, 0.15) is 29.5 Å². The molecule has 2 unspecified atom stereocenters. The van der Waals surface area contributed by atoms with Gasteiger partial charge in [0.15, 0.2) is 5.78 Å². The van der Waals surface area contributed by atoms with Gasteiger partial charge in [0.25, 0.3) is 0 Å². The van der Waals surface area contributed by atoms with Crippen LogP contribution in [0.4, 0.5) is 5.69 Å². The smallest absolute Gasteiger partial charge is 0.186 e. The number of carbonyl (C=O) groups excluding carboxylic acids is 1. The van der Waals surface area contributed by atoms with E-state index in [1.54, 1.807) is 0 Å². The van der Waals surface area contributed by atoms with Gasteiger partial charge < -0.3 is 0 Å². The molecule has 2 heteroatoms. The van der Waals surface area contributed by atoms with Gasteiger partial charge >= 0.3 is 0 Å². The Kier molecular flexibility index (Phi) is 2.21. The zero-order chi connectivity index (χ0) is 16.8. The van der Waals surface area contributed by atoms with Gasteiger partial charge in [-0.1, -0.05) is 54.6 Å². The number of nitrogens with zero attached hydrogens (tertiary/aromatic N) is 1. The number of fused-ring (bicyclic) bond motifs is 1. The summed E-state index contributed by atoms with van der Waals surface area (Å²) in [5.74, 6) is 0.209. The maximum absolute atomic E-state index is 13.1. The number of hydrogen-bond donors (Lipinski definition) is 0. The van der Waals surface area contributed by atoms with Crippen molar-refractivity contribution in [3.8, 4) is 0 Å². The van der Waals surface area contributed by atoms with Crippen LogP contribution in [0.25, 0.3) is 0 Å². The molecule has 1 aliphatic heterocycles. The molecule has 1 spiro atoms. The molecule has 4 aliphatic carbocycles. The molecule has 0 saturated heterocycles. The zero-order valence-corrected chi connectivity index (χ0v) is 13.8. The van der Waals surface area contributed by atoms with Gasteiger partial charge in [0.1, 0.15) is 0 Å². The fourth-order valence-corrected chi connectivity index (χ4v) is 5.04. The van der Waals surface area contributed by atoms with Crippen LogP contribution in [0, 0.1) is 0 Å². The molecule has 2 aromatic rings. The highest BCUT2D eigenvalue weighted by Crippen LogP contribution is 2.60. The van der Waals surface area contributed by atoms with Crippen LogP contribution < -0.4 is 0 Å². The van der Waals surface area contributed by atoms with Gasteiger partial charge in [0, 0.05) is 17.1 Å². The molecule has 0 N–H and O–H groups in total. The Balaban J connectivity index is 1.84. The molecular weight excluding hydrogens is 306 g/mol. The molecule has 0 fully saturated rings. The first kappa shape index (κ1) is 13.3. The molecule has 118 valence electrons. The molecule has 0 aromatic heterocycles. The summed E-state index contributed by atoms with van der Waals surface area (Å²) in [4.78, 5) is 18.0. The first-order valence-corrected chi connectivity index (χ1v) is 8.67. The van der Waals surface area contributed by atoms with E-state index in [2.05, 4.69) is 54.6 Å². The summed E-state index contributed by atoms with van der Waals surface area (Å²) in [6, 6.07) is 16.9. The zero-order valence-electron chi connectivity index (χ0n) is 13.8. The molecule has 25 heavy (non-hydrogen) atoms. The van der Waals surface area contributed by atoms with Crippen LogP contribution in [-0.2, 0) is 10.2 Å².